The van der Waals surface area contributed by atoms with E-state index in [1.54, 1.807) is 0 Å². The summed E-state index contributed by atoms with van der Waals surface area (Å²) >= 11 is 0. The van der Waals surface area contributed by atoms with Crippen LogP contribution in [0.15, 0.2) is 42.5 Å². The normalized spacial score (nSPS) is 10.6. The Labute approximate surface area is 150 Å². The number of ether oxygens (including phenoxy) is 2. The average molecular weight is 341 g/mol. The van der Waals surface area contributed by atoms with Crippen LogP contribution in [0, 0.1) is 19.8 Å². The van der Waals surface area contributed by atoms with Crippen LogP contribution in [0.25, 0.3) is 0 Å². The minimum Gasteiger partial charge on any atom is -0.494 e. The fourth-order valence-corrected chi connectivity index (χ4v) is 2.41. The summed E-state index contributed by atoms with van der Waals surface area (Å²) in [6.07, 6.45) is 1.02. The van der Waals surface area contributed by atoms with E-state index in [1.807, 2.05) is 50.2 Å². The zero-order chi connectivity index (χ0) is 18.2. The van der Waals surface area contributed by atoms with E-state index >= 15 is 0 Å². The third-order valence-corrected chi connectivity index (χ3v) is 3.67. The van der Waals surface area contributed by atoms with Gasteiger partial charge in [-0.05, 0) is 73.7 Å². The molecule has 0 spiro atoms. The number of rotatable bonds is 8. The van der Waals surface area contributed by atoms with Crippen molar-refractivity contribution in [3.8, 4) is 11.5 Å². The summed E-state index contributed by atoms with van der Waals surface area (Å²) < 4.78 is 11.2. The molecule has 1 amide bonds. The molecule has 2 aromatic rings. The first kappa shape index (κ1) is 18.8. The van der Waals surface area contributed by atoms with Gasteiger partial charge in [-0.15, -0.1) is 0 Å². The van der Waals surface area contributed by atoms with Gasteiger partial charge in [0, 0.05) is 5.69 Å². The van der Waals surface area contributed by atoms with Crippen LogP contribution in [-0.2, 0) is 4.79 Å². The summed E-state index contributed by atoms with van der Waals surface area (Å²) in [6.45, 7) is 9.03. The molecule has 0 aliphatic rings. The van der Waals surface area contributed by atoms with Gasteiger partial charge < -0.3 is 14.8 Å². The molecule has 4 heteroatoms. The molecule has 0 unspecified atom stereocenters. The zero-order valence-corrected chi connectivity index (χ0v) is 15.5. The highest BCUT2D eigenvalue weighted by atomic mass is 16.5. The molecule has 25 heavy (non-hydrogen) atoms. The van der Waals surface area contributed by atoms with E-state index < -0.39 is 0 Å². The lowest BCUT2D eigenvalue weighted by molar-refractivity contribution is -0.118. The number of anilines is 1. The van der Waals surface area contributed by atoms with Crippen molar-refractivity contribution < 1.29 is 14.3 Å². The molecule has 2 rings (SSSR count). The standard InChI is InChI=1S/C21H27NO3/c1-15(2)9-10-24-19-7-5-18(6-8-19)22-21(23)14-25-20-12-16(3)11-17(4)13-20/h5-8,11-13,15H,9-10,14H2,1-4H3,(H,22,23). The van der Waals surface area contributed by atoms with E-state index in [9.17, 15) is 4.79 Å². The van der Waals surface area contributed by atoms with Crippen molar-refractivity contribution in [1.82, 2.24) is 0 Å². The van der Waals surface area contributed by atoms with Gasteiger partial charge in [0.1, 0.15) is 11.5 Å². The van der Waals surface area contributed by atoms with Crippen molar-refractivity contribution in [2.75, 3.05) is 18.5 Å². The lowest BCUT2D eigenvalue weighted by Crippen LogP contribution is -2.20. The van der Waals surface area contributed by atoms with E-state index in [0.29, 0.717) is 18.3 Å². The molecular formula is C21H27NO3. The highest BCUT2D eigenvalue weighted by molar-refractivity contribution is 5.91. The molecular weight excluding hydrogens is 314 g/mol. The van der Waals surface area contributed by atoms with Crippen LogP contribution in [0.4, 0.5) is 5.69 Å². The minimum atomic E-state index is -0.187. The van der Waals surface area contributed by atoms with Crippen molar-refractivity contribution in [3.63, 3.8) is 0 Å². The molecule has 0 aromatic heterocycles. The average Bonchev–Trinajstić information content (AvgIpc) is 2.53. The maximum absolute atomic E-state index is 12.0. The molecule has 0 aliphatic heterocycles. The highest BCUT2D eigenvalue weighted by Crippen LogP contribution is 2.18. The molecule has 0 atom stereocenters. The minimum absolute atomic E-state index is 0.0183. The Morgan fingerprint density at radius 2 is 1.60 bits per heavy atom. The van der Waals surface area contributed by atoms with Crippen molar-refractivity contribution in [3.05, 3.63) is 53.6 Å². The van der Waals surface area contributed by atoms with Crippen LogP contribution in [0.3, 0.4) is 0 Å². The number of hydrogen-bond acceptors (Lipinski definition) is 3. The SMILES string of the molecule is Cc1cc(C)cc(OCC(=O)Nc2ccc(OCCC(C)C)cc2)c1. The number of nitrogens with one attached hydrogen (secondary N) is 1. The van der Waals surface area contributed by atoms with Gasteiger partial charge in [-0.3, -0.25) is 4.79 Å². The summed E-state index contributed by atoms with van der Waals surface area (Å²) in [5.74, 6) is 1.95. The predicted molar refractivity (Wildman–Crippen MR) is 101 cm³/mol. The molecule has 4 nitrogen and oxygen atoms in total. The Hall–Kier alpha value is -2.49. The van der Waals surface area contributed by atoms with Crippen molar-refractivity contribution in [2.24, 2.45) is 5.92 Å². The van der Waals surface area contributed by atoms with E-state index in [1.165, 1.54) is 0 Å². The van der Waals surface area contributed by atoms with Crippen LogP contribution in [0.1, 0.15) is 31.4 Å². The smallest absolute Gasteiger partial charge is 0.262 e. The summed E-state index contributed by atoms with van der Waals surface area (Å²) in [5.41, 5.74) is 2.96. The first-order valence-electron chi connectivity index (χ1n) is 8.66. The number of benzene rings is 2. The molecule has 0 heterocycles. The molecule has 0 saturated carbocycles. The van der Waals surface area contributed by atoms with Gasteiger partial charge in [0.25, 0.3) is 5.91 Å². The third-order valence-electron chi connectivity index (χ3n) is 3.67. The van der Waals surface area contributed by atoms with Gasteiger partial charge in [-0.1, -0.05) is 19.9 Å². The van der Waals surface area contributed by atoms with E-state index in [0.717, 1.165) is 29.0 Å². The second-order valence-electron chi connectivity index (χ2n) is 6.72. The number of hydrogen-bond donors (Lipinski definition) is 1. The summed E-state index contributed by atoms with van der Waals surface area (Å²) in [7, 11) is 0. The molecule has 0 aliphatic carbocycles. The van der Waals surface area contributed by atoms with Crippen LogP contribution < -0.4 is 14.8 Å². The first-order valence-corrected chi connectivity index (χ1v) is 8.66. The van der Waals surface area contributed by atoms with E-state index in [2.05, 4.69) is 25.2 Å². The van der Waals surface area contributed by atoms with Crippen molar-refractivity contribution in [2.45, 2.75) is 34.1 Å². The van der Waals surface area contributed by atoms with E-state index in [4.69, 9.17) is 9.47 Å². The Balaban J connectivity index is 1.80. The Bertz CT molecular complexity index is 673. The van der Waals surface area contributed by atoms with Gasteiger partial charge in [0.15, 0.2) is 6.61 Å². The predicted octanol–water partition coefficient (Wildman–Crippen LogP) is 4.75. The molecule has 0 radical (unpaired) electrons. The maximum Gasteiger partial charge on any atom is 0.262 e. The second kappa shape index (κ2) is 9.11. The third kappa shape index (κ3) is 6.87. The van der Waals surface area contributed by atoms with Gasteiger partial charge >= 0.3 is 0 Å². The molecule has 1 N–H and O–H groups in total. The first-order chi connectivity index (χ1) is 11.9. The Kier molecular flexibility index (Phi) is 6.87. The zero-order valence-electron chi connectivity index (χ0n) is 15.5. The van der Waals surface area contributed by atoms with E-state index in [-0.39, 0.29) is 12.5 Å². The van der Waals surface area contributed by atoms with Crippen molar-refractivity contribution in [1.29, 1.82) is 0 Å². The number of carbonyl (C=O) groups excluding carboxylic acids is 1. The number of aryl methyl sites for hydroxylation is 2. The number of carbonyl (C=O) groups is 1. The van der Waals surface area contributed by atoms with Crippen LogP contribution >= 0.6 is 0 Å². The summed E-state index contributed by atoms with van der Waals surface area (Å²) in [4.78, 5) is 12.0. The Morgan fingerprint density at radius 3 is 2.20 bits per heavy atom. The lowest BCUT2D eigenvalue weighted by atomic mass is 10.1. The summed E-state index contributed by atoms with van der Waals surface area (Å²) in [5, 5.41) is 2.82. The van der Waals surface area contributed by atoms with Crippen LogP contribution in [0.5, 0.6) is 11.5 Å². The molecule has 0 bridgehead atoms. The van der Waals surface area contributed by atoms with Gasteiger partial charge in [-0.2, -0.15) is 0 Å². The Morgan fingerprint density at radius 1 is 0.960 bits per heavy atom. The van der Waals surface area contributed by atoms with Gasteiger partial charge in [-0.25, -0.2) is 0 Å². The van der Waals surface area contributed by atoms with Crippen LogP contribution in [0.2, 0.25) is 0 Å². The largest absolute Gasteiger partial charge is 0.494 e. The highest BCUT2D eigenvalue weighted by Gasteiger charge is 2.05. The maximum atomic E-state index is 12.0. The number of amides is 1. The molecule has 2 aromatic carbocycles. The summed E-state index contributed by atoms with van der Waals surface area (Å²) in [6, 6.07) is 13.3. The fourth-order valence-electron chi connectivity index (χ4n) is 2.41. The van der Waals surface area contributed by atoms with Crippen LogP contribution in [-0.4, -0.2) is 19.1 Å². The molecule has 134 valence electrons. The fraction of sp³-hybridized carbons (Fsp3) is 0.381. The molecule has 0 fully saturated rings. The van der Waals surface area contributed by atoms with Gasteiger partial charge in [0.05, 0.1) is 6.61 Å². The topological polar surface area (TPSA) is 47.6 Å². The van der Waals surface area contributed by atoms with Gasteiger partial charge in [0.2, 0.25) is 0 Å². The monoisotopic (exact) mass is 341 g/mol. The second-order valence-corrected chi connectivity index (χ2v) is 6.72. The quantitative estimate of drug-likeness (QED) is 0.754. The molecule has 0 saturated heterocycles. The van der Waals surface area contributed by atoms with Crippen molar-refractivity contribution >= 4 is 11.6 Å². The lowest BCUT2D eigenvalue weighted by Gasteiger charge is -2.10.